The molecule has 0 radical (unpaired) electrons. The van der Waals surface area contributed by atoms with E-state index in [4.69, 9.17) is 4.74 Å². The number of methoxy groups -OCH3 is 1. The molecule has 31 heavy (non-hydrogen) atoms. The van der Waals surface area contributed by atoms with Gasteiger partial charge in [-0.3, -0.25) is 9.69 Å². The monoisotopic (exact) mass is 418 g/mol. The van der Waals surface area contributed by atoms with Crippen molar-refractivity contribution in [3.05, 3.63) is 83.9 Å². The first kappa shape index (κ1) is 21.1. The average molecular weight is 419 g/mol. The van der Waals surface area contributed by atoms with Crippen molar-refractivity contribution in [3.8, 4) is 5.75 Å². The first-order valence-corrected chi connectivity index (χ1v) is 10.9. The highest BCUT2D eigenvalue weighted by Gasteiger charge is 2.24. The fourth-order valence-corrected chi connectivity index (χ4v) is 4.07. The summed E-state index contributed by atoms with van der Waals surface area (Å²) >= 11 is 0. The molecular weight excluding hydrogens is 388 g/mol. The minimum Gasteiger partial charge on any atom is -0.497 e. The maximum atomic E-state index is 12.6. The highest BCUT2D eigenvalue weighted by Crippen LogP contribution is 2.21. The third kappa shape index (κ3) is 5.95. The molecule has 162 valence electrons. The first-order valence-electron chi connectivity index (χ1n) is 10.9. The molecule has 0 saturated carbocycles. The molecule has 1 aromatic heterocycles. The van der Waals surface area contributed by atoms with Crippen molar-refractivity contribution in [1.82, 2.24) is 19.8 Å². The zero-order valence-corrected chi connectivity index (χ0v) is 18.0. The second-order valence-corrected chi connectivity index (χ2v) is 8.17. The van der Waals surface area contributed by atoms with E-state index < -0.39 is 0 Å². The van der Waals surface area contributed by atoms with E-state index >= 15 is 0 Å². The molecule has 1 aliphatic rings. The fourth-order valence-electron chi connectivity index (χ4n) is 4.07. The van der Waals surface area contributed by atoms with Gasteiger partial charge in [0.2, 0.25) is 5.91 Å². The van der Waals surface area contributed by atoms with Gasteiger partial charge >= 0.3 is 0 Å². The van der Waals surface area contributed by atoms with Crippen LogP contribution in [0.5, 0.6) is 5.75 Å². The molecule has 0 atom stereocenters. The van der Waals surface area contributed by atoms with E-state index in [0.29, 0.717) is 6.54 Å². The van der Waals surface area contributed by atoms with Gasteiger partial charge in [-0.1, -0.05) is 36.4 Å². The second-order valence-electron chi connectivity index (χ2n) is 8.17. The number of nitrogens with zero attached hydrogens (tertiary/aromatic N) is 3. The molecule has 1 N–H and O–H groups in total. The molecule has 2 heterocycles. The first-order chi connectivity index (χ1) is 15.2. The van der Waals surface area contributed by atoms with Crippen molar-refractivity contribution in [3.63, 3.8) is 0 Å². The van der Waals surface area contributed by atoms with Crippen LogP contribution in [0.1, 0.15) is 29.5 Å². The summed E-state index contributed by atoms with van der Waals surface area (Å²) in [6.07, 6.45) is 7.36. The Morgan fingerprint density at radius 1 is 1.06 bits per heavy atom. The largest absolute Gasteiger partial charge is 0.497 e. The van der Waals surface area contributed by atoms with Crippen molar-refractivity contribution < 1.29 is 9.53 Å². The summed E-state index contributed by atoms with van der Waals surface area (Å²) in [5.74, 6) is 1.16. The topological polar surface area (TPSA) is 59.4 Å². The lowest BCUT2D eigenvalue weighted by molar-refractivity contribution is -0.126. The number of hydrogen-bond acceptors (Lipinski definition) is 4. The molecule has 1 saturated heterocycles. The Balaban J connectivity index is 1.20. The summed E-state index contributed by atoms with van der Waals surface area (Å²) in [5.41, 5.74) is 3.59. The lowest BCUT2D eigenvalue weighted by atomic mass is 9.95. The number of nitrogens with one attached hydrogen (secondary N) is 1. The predicted octanol–water partition coefficient (Wildman–Crippen LogP) is 3.47. The second kappa shape index (κ2) is 10.3. The molecule has 2 aromatic carbocycles. The smallest absolute Gasteiger partial charge is 0.223 e. The molecule has 0 unspecified atom stereocenters. The number of aromatic nitrogens is 2. The zero-order valence-electron chi connectivity index (χ0n) is 18.0. The van der Waals surface area contributed by atoms with Crippen molar-refractivity contribution in [2.24, 2.45) is 5.92 Å². The van der Waals surface area contributed by atoms with Gasteiger partial charge in [0, 0.05) is 37.9 Å². The van der Waals surface area contributed by atoms with Crippen molar-refractivity contribution in [2.75, 3.05) is 20.2 Å². The maximum absolute atomic E-state index is 12.6. The molecule has 1 fully saturated rings. The van der Waals surface area contributed by atoms with Crippen LogP contribution in [0.4, 0.5) is 0 Å². The number of ether oxygens (including phenoxy) is 1. The molecule has 0 aliphatic carbocycles. The summed E-state index contributed by atoms with van der Waals surface area (Å²) in [6.45, 7) is 4.17. The lowest BCUT2D eigenvalue weighted by Crippen LogP contribution is -2.40. The summed E-state index contributed by atoms with van der Waals surface area (Å²) < 4.78 is 7.35. The maximum Gasteiger partial charge on any atom is 0.223 e. The average Bonchev–Trinajstić information content (AvgIpc) is 3.32. The molecule has 0 bridgehead atoms. The van der Waals surface area contributed by atoms with Gasteiger partial charge < -0.3 is 14.6 Å². The van der Waals surface area contributed by atoms with Gasteiger partial charge in [0.25, 0.3) is 0 Å². The molecule has 6 heteroatoms. The Morgan fingerprint density at radius 2 is 1.84 bits per heavy atom. The van der Waals surface area contributed by atoms with Crippen LogP contribution in [-0.2, 0) is 24.4 Å². The van der Waals surface area contributed by atoms with Gasteiger partial charge in [-0.15, -0.1) is 0 Å². The van der Waals surface area contributed by atoms with Crippen LogP contribution >= 0.6 is 0 Å². The van der Waals surface area contributed by atoms with Gasteiger partial charge in [0.05, 0.1) is 13.4 Å². The lowest BCUT2D eigenvalue weighted by Gasteiger charge is -2.31. The Morgan fingerprint density at radius 3 is 2.55 bits per heavy atom. The highest BCUT2D eigenvalue weighted by atomic mass is 16.5. The van der Waals surface area contributed by atoms with Crippen LogP contribution < -0.4 is 10.1 Å². The summed E-state index contributed by atoms with van der Waals surface area (Å²) in [4.78, 5) is 19.1. The SMILES string of the molecule is COc1cccc(CN2CCC(C(=O)NCc3ccc(Cn4ccnc4)cc3)CC2)c1. The van der Waals surface area contributed by atoms with Crippen LogP contribution in [0.25, 0.3) is 0 Å². The van der Waals surface area contributed by atoms with Gasteiger partial charge in [0.1, 0.15) is 5.75 Å². The molecule has 1 amide bonds. The van der Waals surface area contributed by atoms with Crippen LogP contribution in [0.3, 0.4) is 0 Å². The predicted molar refractivity (Wildman–Crippen MR) is 121 cm³/mol. The Labute approximate surface area is 183 Å². The van der Waals surface area contributed by atoms with Crippen molar-refractivity contribution in [2.45, 2.75) is 32.5 Å². The van der Waals surface area contributed by atoms with E-state index in [0.717, 1.165) is 50.3 Å². The number of benzene rings is 2. The van der Waals surface area contributed by atoms with E-state index in [1.165, 1.54) is 11.1 Å². The molecule has 6 nitrogen and oxygen atoms in total. The normalized spacial score (nSPS) is 15.0. The molecule has 0 spiro atoms. The van der Waals surface area contributed by atoms with Crippen molar-refractivity contribution in [1.29, 1.82) is 0 Å². The van der Waals surface area contributed by atoms with Gasteiger partial charge in [-0.2, -0.15) is 0 Å². The quantitative estimate of drug-likeness (QED) is 0.609. The number of hydrogen-bond donors (Lipinski definition) is 1. The van der Waals surface area contributed by atoms with Crippen LogP contribution in [0.15, 0.2) is 67.3 Å². The van der Waals surface area contributed by atoms with E-state index in [1.807, 2.05) is 29.2 Å². The third-order valence-corrected chi connectivity index (χ3v) is 5.91. The third-order valence-electron chi connectivity index (χ3n) is 5.91. The number of rotatable bonds is 8. The fraction of sp³-hybridized carbons (Fsp3) is 0.360. The van der Waals surface area contributed by atoms with E-state index in [2.05, 4.69) is 51.6 Å². The standard InChI is InChI=1S/C25H30N4O2/c1-31-24-4-2-3-22(15-24)18-28-12-9-23(10-13-28)25(30)27-16-20-5-7-21(8-6-20)17-29-14-11-26-19-29/h2-8,11,14-15,19,23H,9-10,12-13,16-18H2,1H3,(H,27,30). The summed E-state index contributed by atoms with van der Waals surface area (Å²) in [6, 6.07) is 16.6. The number of carbonyl (C=O) groups excluding carboxylic acids is 1. The van der Waals surface area contributed by atoms with Gasteiger partial charge in [-0.25, -0.2) is 4.98 Å². The van der Waals surface area contributed by atoms with E-state index in [-0.39, 0.29) is 11.8 Å². The summed E-state index contributed by atoms with van der Waals surface area (Å²) in [7, 11) is 1.69. The Bertz CT molecular complexity index is 961. The number of piperidine rings is 1. The Kier molecular flexibility index (Phi) is 6.99. The number of carbonyl (C=O) groups is 1. The minimum atomic E-state index is 0.0991. The van der Waals surface area contributed by atoms with Crippen molar-refractivity contribution >= 4 is 5.91 Å². The Hall–Kier alpha value is -3.12. The number of likely N-dealkylation sites (tertiary alicyclic amines) is 1. The highest BCUT2D eigenvalue weighted by molar-refractivity contribution is 5.78. The van der Waals surface area contributed by atoms with Crippen LogP contribution in [0.2, 0.25) is 0 Å². The summed E-state index contributed by atoms with van der Waals surface area (Å²) in [5, 5.41) is 3.12. The molecule has 3 aromatic rings. The van der Waals surface area contributed by atoms with Crippen LogP contribution in [-0.4, -0.2) is 40.6 Å². The number of amides is 1. The van der Waals surface area contributed by atoms with E-state index in [9.17, 15) is 4.79 Å². The molecule has 1 aliphatic heterocycles. The number of imidazole rings is 1. The van der Waals surface area contributed by atoms with E-state index in [1.54, 1.807) is 13.3 Å². The molecular formula is C25H30N4O2. The van der Waals surface area contributed by atoms with Crippen LogP contribution in [0, 0.1) is 5.92 Å². The van der Waals surface area contributed by atoms with Gasteiger partial charge in [-0.05, 0) is 54.8 Å². The van der Waals surface area contributed by atoms with Gasteiger partial charge in [0.15, 0.2) is 0 Å². The minimum absolute atomic E-state index is 0.0991. The molecule has 4 rings (SSSR count). The zero-order chi connectivity index (χ0) is 21.5.